The van der Waals surface area contributed by atoms with E-state index in [-0.39, 0.29) is 27.9 Å². The monoisotopic (exact) mass is 523 g/mol. The predicted octanol–water partition coefficient (Wildman–Crippen LogP) is 7.92. The van der Waals surface area contributed by atoms with Gasteiger partial charge in [-0.05, 0) is 64.4 Å². The van der Waals surface area contributed by atoms with Gasteiger partial charge < -0.3 is 5.11 Å². The maximum absolute atomic E-state index is 15.6. The van der Waals surface area contributed by atoms with Gasteiger partial charge in [0.15, 0.2) is 5.78 Å². The molecule has 193 valence electrons. The lowest BCUT2D eigenvalue weighted by atomic mass is 9.84. The van der Waals surface area contributed by atoms with Crippen molar-refractivity contribution >= 4 is 33.6 Å². The molecule has 0 amide bonds. The van der Waals surface area contributed by atoms with E-state index >= 15 is 4.39 Å². The van der Waals surface area contributed by atoms with Crippen LogP contribution in [0.4, 0.5) is 4.39 Å². The van der Waals surface area contributed by atoms with E-state index in [4.69, 9.17) is 0 Å². The van der Waals surface area contributed by atoms with Gasteiger partial charge in [-0.1, -0.05) is 88.7 Å². The Morgan fingerprint density at radius 2 is 1.71 bits per heavy atom. The van der Waals surface area contributed by atoms with Gasteiger partial charge >= 0.3 is 5.97 Å². The van der Waals surface area contributed by atoms with Gasteiger partial charge in [0.25, 0.3) is 0 Å². The van der Waals surface area contributed by atoms with Crippen LogP contribution in [0.5, 0.6) is 0 Å². The van der Waals surface area contributed by atoms with Crippen LogP contribution in [0.15, 0.2) is 66.7 Å². The molecule has 0 saturated heterocycles. The molecule has 1 aliphatic carbocycles. The van der Waals surface area contributed by atoms with Gasteiger partial charge in [-0.2, -0.15) is 0 Å². The molecule has 3 aromatic rings. The fraction of sp³-hybridized carbons (Fsp3) is 0.273. The van der Waals surface area contributed by atoms with E-state index in [0.717, 1.165) is 22.3 Å². The number of aryl methyl sites for hydroxylation is 1. The molecule has 0 saturated carbocycles. The lowest BCUT2D eigenvalue weighted by molar-refractivity contribution is 0.0694. The van der Waals surface area contributed by atoms with E-state index in [1.54, 1.807) is 13.0 Å². The van der Waals surface area contributed by atoms with Crippen molar-refractivity contribution in [2.45, 2.75) is 57.9 Å². The second-order valence-electron chi connectivity index (χ2n) is 11.3. The van der Waals surface area contributed by atoms with Crippen molar-refractivity contribution in [1.82, 2.24) is 0 Å². The topological polar surface area (TPSA) is 54.4 Å². The minimum Gasteiger partial charge on any atom is -0.478 e. The molecule has 4 rings (SSSR count). The van der Waals surface area contributed by atoms with Gasteiger partial charge in [-0.25, -0.2) is 9.18 Å². The Kier molecular flexibility index (Phi) is 7.19. The maximum Gasteiger partial charge on any atom is 0.336 e. The molecule has 1 N–H and O–H groups in total. The zero-order valence-corrected chi connectivity index (χ0v) is 23.6. The average molecular weight is 524 g/mol. The van der Waals surface area contributed by atoms with Crippen molar-refractivity contribution < 1.29 is 19.1 Å². The van der Waals surface area contributed by atoms with Gasteiger partial charge in [0, 0.05) is 32.3 Å². The first-order valence-electron chi connectivity index (χ1n) is 12.7. The van der Waals surface area contributed by atoms with Crippen LogP contribution in [0, 0.1) is 12.7 Å². The normalized spacial score (nSPS) is 15.3. The number of halogens is 1. The largest absolute Gasteiger partial charge is 0.478 e. The number of carbonyl (C=O) groups is 2. The van der Waals surface area contributed by atoms with Crippen LogP contribution in [-0.4, -0.2) is 27.1 Å². The van der Waals surface area contributed by atoms with Crippen LogP contribution in [0.25, 0.3) is 11.6 Å². The minimum absolute atomic E-state index is 0.0810. The number of hydrogen-bond acceptors (Lipinski definition) is 2. The van der Waals surface area contributed by atoms with Crippen LogP contribution < -0.4 is 0 Å². The van der Waals surface area contributed by atoms with Crippen molar-refractivity contribution in [1.29, 1.82) is 0 Å². The standard InChI is InChI=1S/C33H32FO3Si/c1-19-7-9-21(10-8-19)26-18-32(3,4)27-17-23(12-14-24(26)27)28(35)16-13-22-11-15-25(31(36)37)29(30(22)34)20(2)33(5,6)38/h7-18,20H,1-6H3,(H,36,37). The summed E-state index contributed by atoms with van der Waals surface area (Å²) in [7, 11) is 3.59. The fourth-order valence-electron chi connectivity index (χ4n) is 4.92. The molecule has 0 bridgehead atoms. The second kappa shape index (κ2) is 9.95. The Morgan fingerprint density at radius 3 is 2.32 bits per heavy atom. The summed E-state index contributed by atoms with van der Waals surface area (Å²) in [4.78, 5) is 24.9. The molecule has 3 nitrogen and oxygen atoms in total. The maximum atomic E-state index is 15.6. The molecule has 38 heavy (non-hydrogen) atoms. The van der Waals surface area contributed by atoms with Crippen LogP contribution in [-0.2, 0) is 5.41 Å². The third-order valence-electron chi connectivity index (χ3n) is 7.53. The Labute approximate surface area is 227 Å². The van der Waals surface area contributed by atoms with Crippen molar-refractivity contribution in [3.05, 3.63) is 117 Å². The van der Waals surface area contributed by atoms with Crippen LogP contribution in [0.2, 0.25) is 5.04 Å². The molecular formula is C33H32FO3Si. The molecule has 1 atom stereocenters. The second-order valence-corrected chi connectivity index (χ2v) is 12.6. The van der Waals surface area contributed by atoms with Crippen LogP contribution in [0.1, 0.15) is 94.6 Å². The molecule has 3 radical (unpaired) electrons. The van der Waals surface area contributed by atoms with Gasteiger partial charge in [-0.15, -0.1) is 0 Å². The van der Waals surface area contributed by atoms with Gasteiger partial charge in [0.1, 0.15) is 5.82 Å². The summed E-state index contributed by atoms with van der Waals surface area (Å²) in [5.41, 5.74) is 6.13. The molecule has 1 unspecified atom stereocenters. The molecule has 0 spiro atoms. The van der Waals surface area contributed by atoms with Crippen LogP contribution >= 0.6 is 0 Å². The first-order valence-corrected chi connectivity index (χ1v) is 13.2. The number of fused-ring (bicyclic) bond motifs is 1. The Balaban J connectivity index is 1.66. The van der Waals surface area contributed by atoms with Gasteiger partial charge in [0.2, 0.25) is 0 Å². The van der Waals surface area contributed by atoms with E-state index in [0.29, 0.717) is 5.56 Å². The number of hydrogen-bond donors (Lipinski definition) is 1. The number of carboxylic acids is 1. The van der Waals surface area contributed by atoms with Crippen molar-refractivity contribution in [2.75, 3.05) is 0 Å². The smallest absolute Gasteiger partial charge is 0.336 e. The Hall–Kier alpha value is -3.57. The van der Waals surface area contributed by atoms with E-state index < -0.39 is 22.7 Å². The average Bonchev–Trinajstić information content (AvgIpc) is 3.12. The lowest BCUT2D eigenvalue weighted by Gasteiger charge is -2.29. The number of carbonyl (C=O) groups excluding carboxylic acids is 1. The molecule has 0 heterocycles. The van der Waals surface area contributed by atoms with Crippen molar-refractivity contribution in [3.63, 3.8) is 0 Å². The molecule has 0 aromatic heterocycles. The zero-order valence-electron chi connectivity index (χ0n) is 22.6. The highest BCUT2D eigenvalue weighted by Gasteiger charge is 2.32. The molecular weight excluding hydrogens is 491 g/mol. The first-order chi connectivity index (χ1) is 17.7. The number of rotatable bonds is 7. The van der Waals surface area contributed by atoms with Crippen molar-refractivity contribution in [3.8, 4) is 0 Å². The number of aromatic carboxylic acids is 1. The van der Waals surface area contributed by atoms with E-state index in [2.05, 4.69) is 61.4 Å². The Morgan fingerprint density at radius 1 is 1.05 bits per heavy atom. The third-order valence-corrected chi connectivity index (χ3v) is 7.96. The summed E-state index contributed by atoms with van der Waals surface area (Å²) in [5, 5.41) is 9.09. The minimum atomic E-state index is -1.19. The summed E-state index contributed by atoms with van der Waals surface area (Å²) >= 11 is 0. The number of benzene rings is 3. The van der Waals surface area contributed by atoms with Gasteiger partial charge in [0.05, 0.1) is 5.56 Å². The Bertz CT molecular complexity index is 1490. The predicted molar refractivity (Wildman–Crippen MR) is 153 cm³/mol. The highest BCUT2D eigenvalue weighted by molar-refractivity contribution is 6.15. The van der Waals surface area contributed by atoms with Crippen LogP contribution in [0.3, 0.4) is 0 Å². The fourth-order valence-corrected chi connectivity index (χ4v) is 5.07. The van der Waals surface area contributed by atoms with E-state index in [9.17, 15) is 14.7 Å². The summed E-state index contributed by atoms with van der Waals surface area (Å²) in [6.45, 7) is 11.8. The summed E-state index contributed by atoms with van der Waals surface area (Å²) in [6, 6.07) is 16.9. The zero-order chi connectivity index (χ0) is 28.0. The summed E-state index contributed by atoms with van der Waals surface area (Å²) in [5.74, 6) is -2.49. The number of allylic oxidation sites excluding steroid dienone is 2. The van der Waals surface area contributed by atoms with E-state index in [1.807, 2.05) is 26.0 Å². The van der Waals surface area contributed by atoms with E-state index in [1.165, 1.54) is 29.8 Å². The molecule has 5 heteroatoms. The SMILES string of the molecule is Cc1ccc(C2=CC(C)(C)c3cc(C(=O)C=Cc4ccc(C(=O)O)c(C(C)C(C)(C)[Si])c4F)ccc32)cc1. The molecule has 1 aliphatic rings. The number of carboxylic acid groups (broad SMARTS) is 1. The summed E-state index contributed by atoms with van der Waals surface area (Å²) < 4.78 is 15.6. The molecule has 0 aliphatic heterocycles. The third kappa shape index (κ3) is 5.21. The molecule has 0 fully saturated rings. The lowest BCUT2D eigenvalue weighted by Crippen LogP contribution is -2.18. The first kappa shape index (κ1) is 27.5. The highest BCUT2D eigenvalue weighted by Crippen LogP contribution is 2.44. The highest BCUT2D eigenvalue weighted by atomic mass is 28.1. The quantitative estimate of drug-likeness (QED) is 0.194. The summed E-state index contributed by atoms with van der Waals surface area (Å²) in [6.07, 6.45) is 5.01. The number of ketones is 1. The van der Waals surface area contributed by atoms with Crippen molar-refractivity contribution in [2.24, 2.45) is 0 Å². The van der Waals surface area contributed by atoms with Gasteiger partial charge in [-0.3, -0.25) is 4.79 Å². The molecule has 3 aromatic carbocycles.